The lowest BCUT2D eigenvalue weighted by molar-refractivity contribution is 0.399. The van der Waals surface area contributed by atoms with Gasteiger partial charge in [0.15, 0.2) is 0 Å². The Bertz CT molecular complexity index is 585. The van der Waals surface area contributed by atoms with Gasteiger partial charge < -0.3 is 9.88 Å². The van der Waals surface area contributed by atoms with Crippen LogP contribution in [0.3, 0.4) is 0 Å². The van der Waals surface area contributed by atoms with Gasteiger partial charge in [-0.1, -0.05) is 24.1 Å². The van der Waals surface area contributed by atoms with Gasteiger partial charge in [-0.05, 0) is 50.4 Å². The maximum Gasteiger partial charge on any atom is 0.110 e. The van der Waals surface area contributed by atoms with Crippen LogP contribution in [0.2, 0.25) is 5.02 Å². The first kappa shape index (κ1) is 13.7. The van der Waals surface area contributed by atoms with E-state index in [0.29, 0.717) is 6.04 Å². The minimum Gasteiger partial charge on any atom is -0.314 e. The molecule has 1 fully saturated rings. The molecule has 2 heterocycles. The molecule has 0 aliphatic carbocycles. The van der Waals surface area contributed by atoms with Crippen molar-refractivity contribution in [3.63, 3.8) is 0 Å². The Morgan fingerprint density at radius 1 is 1.40 bits per heavy atom. The molecule has 0 amide bonds. The van der Waals surface area contributed by atoms with Gasteiger partial charge in [-0.2, -0.15) is 0 Å². The highest BCUT2D eigenvalue weighted by Crippen LogP contribution is 2.24. The van der Waals surface area contributed by atoms with Crippen LogP contribution in [0.25, 0.3) is 5.69 Å². The summed E-state index contributed by atoms with van der Waals surface area (Å²) in [4.78, 5) is 4.24. The van der Waals surface area contributed by atoms with Crippen molar-refractivity contribution in [3.8, 4) is 5.69 Å². The monoisotopic (exact) mass is 289 g/mol. The predicted octanol–water partition coefficient (Wildman–Crippen LogP) is 3.52. The summed E-state index contributed by atoms with van der Waals surface area (Å²) in [7, 11) is 0. The van der Waals surface area contributed by atoms with Crippen molar-refractivity contribution >= 4 is 11.6 Å². The third-order valence-electron chi connectivity index (χ3n) is 3.99. The molecule has 0 radical (unpaired) electrons. The Balaban J connectivity index is 1.79. The average molecular weight is 290 g/mol. The Kier molecular flexibility index (Phi) is 4.08. The van der Waals surface area contributed by atoms with Crippen molar-refractivity contribution in [2.45, 2.75) is 38.6 Å². The smallest absolute Gasteiger partial charge is 0.110 e. The largest absolute Gasteiger partial charge is 0.314 e. The number of rotatable bonds is 3. The predicted molar refractivity (Wildman–Crippen MR) is 82.7 cm³/mol. The number of imidazole rings is 1. The van der Waals surface area contributed by atoms with E-state index in [1.165, 1.54) is 24.8 Å². The van der Waals surface area contributed by atoms with Crippen LogP contribution in [0.4, 0.5) is 0 Å². The molecule has 0 saturated carbocycles. The standard InChI is InChI=1S/C16H20ClN3/c1-12-18-8-9-20(12)16-6-5-13(11-15(16)17)10-14-4-2-3-7-19-14/h5-6,8-9,11,14,19H,2-4,7,10H2,1H3. The second-order valence-electron chi connectivity index (χ2n) is 5.48. The Labute approximate surface area is 125 Å². The van der Waals surface area contributed by atoms with Gasteiger partial charge in [0.05, 0.1) is 10.7 Å². The summed E-state index contributed by atoms with van der Waals surface area (Å²) in [5, 5.41) is 4.37. The normalized spacial score (nSPS) is 19.2. The first-order chi connectivity index (χ1) is 9.74. The number of aromatic nitrogens is 2. The Morgan fingerprint density at radius 2 is 2.30 bits per heavy atom. The number of aryl methyl sites for hydroxylation is 1. The van der Waals surface area contributed by atoms with Gasteiger partial charge in [0.25, 0.3) is 0 Å². The van der Waals surface area contributed by atoms with Crippen LogP contribution in [-0.2, 0) is 6.42 Å². The van der Waals surface area contributed by atoms with Crippen LogP contribution >= 0.6 is 11.6 Å². The summed E-state index contributed by atoms with van der Waals surface area (Å²) >= 11 is 6.44. The molecule has 1 aliphatic heterocycles. The summed E-state index contributed by atoms with van der Waals surface area (Å²) in [5.41, 5.74) is 2.30. The van der Waals surface area contributed by atoms with Crippen molar-refractivity contribution in [3.05, 3.63) is 47.0 Å². The molecule has 1 aromatic carbocycles. The minimum atomic E-state index is 0.598. The van der Waals surface area contributed by atoms with E-state index in [-0.39, 0.29) is 0 Å². The number of hydrogen-bond acceptors (Lipinski definition) is 2. The SMILES string of the molecule is Cc1nccn1-c1ccc(CC2CCCCN2)cc1Cl. The molecule has 1 atom stereocenters. The lowest BCUT2D eigenvalue weighted by atomic mass is 9.98. The van der Waals surface area contributed by atoms with Crippen LogP contribution < -0.4 is 5.32 Å². The molecule has 1 N–H and O–H groups in total. The molecule has 0 bridgehead atoms. The zero-order chi connectivity index (χ0) is 13.9. The lowest BCUT2D eigenvalue weighted by Crippen LogP contribution is -2.35. The van der Waals surface area contributed by atoms with Crippen LogP contribution in [0.5, 0.6) is 0 Å². The lowest BCUT2D eigenvalue weighted by Gasteiger charge is -2.23. The Hall–Kier alpha value is -1.32. The average Bonchev–Trinajstić information content (AvgIpc) is 2.86. The first-order valence-electron chi connectivity index (χ1n) is 7.26. The summed E-state index contributed by atoms with van der Waals surface area (Å²) in [6, 6.07) is 6.96. The van der Waals surface area contributed by atoms with Gasteiger partial charge in [-0.15, -0.1) is 0 Å². The Morgan fingerprint density at radius 3 is 2.95 bits per heavy atom. The number of benzene rings is 1. The van der Waals surface area contributed by atoms with Gasteiger partial charge in [0.2, 0.25) is 0 Å². The molecule has 2 aromatic rings. The van der Waals surface area contributed by atoms with Gasteiger partial charge in [0, 0.05) is 18.4 Å². The van der Waals surface area contributed by atoms with Crippen molar-refractivity contribution < 1.29 is 0 Å². The second-order valence-corrected chi connectivity index (χ2v) is 5.89. The van der Waals surface area contributed by atoms with Gasteiger partial charge in [-0.3, -0.25) is 0 Å². The highest BCUT2D eigenvalue weighted by molar-refractivity contribution is 6.32. The van der Waals surface area contributed by atoms with E-state index < -0.39 is 0 Å². The molecule has 20 heavy (non-hydrogen) atoms. The molecular formula is C16H20ClN3. The molecule has 1 aromatic heterocycles. The summed E-state index contributed by atoms with van der Waals surface area (Å²) in [6.45, 7) is 3.13. The fourth-order valence-electron chi connectivity index (χ4n) is 2.89. The third kappa shape index (κ3) is 2.89. The first-order valence-corrected chi connectivity index (χ1v) is 7.64. The van der Waals surface area contributed by atoms with E-state index in [4.69, 9.17) is 11.6 Å². The fourth-order valence-corrected chi connectivity index (χ4v) is 3.18. The number of nitrogens with zero attached hydrogens (tertiary/aromatic N) is 2. The van der Waals surface area contributed by atoms with Crippen molar-refractivity contribution in [2.24, 2.45) is 0 Å². The molecule has 1 unspecified atom stereocenters. The van der Waals surface area contributed by atoms with E-state index in [0.717, 1.165) is 29.5 Å². The topological polar surface area (TPSA) is 29.9 Å². The van der Waals surface area contributed by atoms with Crippen molar-refractivity contribution in [2.75, 3.05) is 6.54 Å². The van der Waals surface area contributed by atoms with Crippen LogP contribution in [0.15, 0.2) is 30.6 Å². The molecular weight excluding hydrogens is 270 g/mol. The van der Waals surface area contributed by atoms with E-state index in [9.17, 15) is 0 Å². The third-order valence-corrected chi connectivity index (χ3v) is 4.29. The number of nitrogens with one attached hydrogen (secondary N) is 1. The molecule has 3 nitrogen and oxygen atoms in total. The quantitative estimate of drug-likeness (QED) is 0.937. The summed E-state index contributed by atoms with van der Waals surface area (Å²) < 4.78 is 2.02. The summed E-state index contributed by atoms with van der Waals surface area (Å²) in [5.74, 6) is 0.952. The molecule has 4 heteroatoms. The van der Waals surface area contributed by atoms with Crippen LogP contribution in [0.1, 0.15) is 30.7 Å². The molecule has 1 aliphatic rings. The highest BCUT2D eigenvalue weighted by atomic mass is 35.5. The highest BCUT2D eigenvalue weighted by Gasteiger charge is 2.14. The zero-order valence-electron chi connectivity index (χ0n) is 11.8. The van der Waals surface area contributed by atoms with E-state index >= 15 is 0 Å². The molecule has 0 spiro atoms. The van der Waals surface area contributed by atoms with Gasteiger partial charge in [-0.25, -0.2) is 4.98 Å². The number of piperidine rings is 1. The van der Waals surface area contributed by atoms with E-state index in [1.807, 2.05) is 17.7 Å². The van der Waals surface area contributed by atoms with Gasteiger partial charge in [0.1, 0.15) is 5.82 Å². The number of hydrogen-bond donors (Lipinski definition) is 1. The maximum atomic E-state index is 6.44. The molecule has 106 valence electrons. The van der Waals surface area contributed by atoms with Crippen LogP contribution in [-0.4, -0.2) is 22.1 Å². The van der Waals surface area contributed by atoms with Crippen molar-refractivity contribution in [1.29, 1.82) is 0 Å². The van der Waals surface area contributed by atoms with E-state index in [1.54, 1.807) is 6.20 Å². The van der Waals surface area contributed by atoms with Crippen LogP contribution in [0, 0.1) is 6.92 Å². The van der Waals surface area contributed by atoms with Gasteiger partial charge >= 0.3 is 0 Å². The molecule has 3 rings (SSSR count). The summed E-state index contributed by atoms with van der Waals surface area (Å²) in [6.07, 6.45) is 8.70. The molecule has 1 saturated heterocycles. The van der Waals surface area contributed by atoms with Crippen molar-refractivity contribution in [1.82, 2.24) is 14.9 Å². The second kappa shape index (κ2) is 5.98. The maximum absolute atomic E-state index is 6.44. The van der Waals surface area contributed by atoms with E-state index in [2.05, 4.69) is 28.5 Å². The number of halogens is 1. The zero-order valence-corrected chi connectivity index (χ0v) is 12.5. The fraction of sp³-hybridized carbons (Fsp3) is 0.438. The minimum absolute atomic E-state index is 0.598.